The molecule has 0 saturated carbocycles. The van der Waals surface area contributed by atoms with Crippen LogP contribution in [0.1, 0.15) is 10.5 Å². The van der Waals surface area contributed by atoms with Gasteiger partial charge in [0.05, 0.1) is 0 Å². The predicted molar refractivity (Wildman–Crippen MR) is 119 cm³/mol. The number of nitrogens with zero attached hydrogens (tertiary/aromatic N) is 1. The third-order valence-electron chi connectivity index (χ3n) is 3.91. The summed E-state index contributed by atoms with van der Waals surface area (Å²) in [5.41, 5.74) is 3.19. The molecule has 29 heavy (non-hydrogen) atoms. The molecular weight excluding hydrogens is 404 g/mol. The summed E-state index contributed by atoms with van der Waals surface area (Å²) < 4.78 is 0. The summed E-state index contributed by atoms with van der Waals surface area (Å²) in [7, 11) is 0. The lowest BCUT2D eigenvalue weighted by atomic mass is 10.2. The summed E-state index contributed by atoms with van der Waals surface area (Å²) in [6.45, 7) is 0. The lowest BCUT2D eigenvalue weighted by molar-refractivity contribution is 0.102. The van der Waals surface area contributed by atoms with Crippen molar-refractivity contribution < 1.29 is 9.59 Å². The van der Waals surface area contributed by atoms with Crippen LogP contribution in [0.2, 0.25) is 0 Å². The molecule has 0 atom stereocenters. The summed E-state index contributed by atoms with van der Waals surface area (Å²) in [6.07, 6.45) is 0. The van der Waals surface area contributed by atoms with Crippen LogP contribution in [0.25, 0.3) is 10.6 Å². The highest BCUT2D eigenvalue weighted by Crippen LogP contribution is 2.26. The lowest BCUT2D eigenvalue weighted by Gasteiger charge is -2.09. The molecule has 4 rings (SSSR count). The number of urea groups is 1. The molecule has 4 aromatic rings. The van der Waals surface area contributed by atoms with E-state index in [4.69, 9.17) is 0 Å². The minimum absolute atomic E-state index is 0.298. The minimum Gasteiger partial charge on any atom is -0.321 e. The van der Waals surface area contributed by atoms with Crippen LogP contribution in [-0.2, 0) is 0 Å². The number of nitrogens with one attached hydrogen (secondary N) is 3. The van der Waals surface area contributed by atoms with Crippen LogP contribution < -0.4 is 16.0 Å². The molecule has 3 N–H and O–H groups in total. The zero-order chi connectivity index (χ0) is 20.1. The average Bonchev–Trinajstić information content (AvgIpc) is 3.41. The first-order chi connectivity index (χ1) is 14.2. The van der Waals surface area contributed by atoms with Gasteiger partial charge in [0.15, 0.2) is 0 Å². The second-order valence-corrected chi connectivity index (χ2v) is 7.67. The van der Waals surface area contributed by atoms with Gasteiger partial charge in [-0.15, -0.1) is 11.3 Å². The Morgan fingerprint density at radius 2 is 1.52 bits per heavy atom. The number of benzene rings is 2. The molecular formula is C21H16N4O2S2. The van der Waals surface area contributed by atoms with Gasteiger partial charge in [-0.05, 0) is 41.8 Å². The van der Waals surface area contributed by atoms with E-state index in [2.05, 4.69) is 20.9 Å². The van der Waals surface area contributed by atoms with Crippen molar-refractivity contribution in [2.45, 2.75) is 0 Å². The monoisotopic (exact) mass is 420 g/mol. The Balaban J connectivity index is 1.39. The van der Waals surface area contributed by atoms with Gasteiger partial charge < -0.3 is 16.0 Å². The van der Waals surface area contributed by atoms with E-state index in [1.54, 1.807) is 53.1 Å². The number of thiazole rings is 1. The fraction of sp³-hybridized carbons (Fsp3) is 0. The molecule has 0 radical (unpaired) electrons. The summed E-state index contributed by atoms with van der Waals surface area (Å²) in [5.74, 6) is -0.298. The highest BCUT2D eigenvalue weighted by Gasteiger charge is 2.13. The summed E-state index contributed by atoms with van der Waals surface area (Å²) >= 11 is 3.02. The number of aromatic nitrogens is 1. The predicted octanol–water partition coefficient (Wildman–Crippen LogP) is 5.77. The number of anilines is 3. The number of carbonyl (C=O) groups is 2. The fourth-order valence-corrected chi connectivity index (χ4v) is 4.09. The van der Waals surface area contributed by atoms with Crippen molar-refractivity contribution in [3.8, 4) is 10.6 Å². The Bertz CT molecular complexity index is 1120. The van der Waals surface area contributed by atoms with E-state index < -0.39 is 0 Å². The highest BCUT2D eigenvalue weighted by atomic mass is 32.1. The molecule has 0 spiro atoms. The zero-order valence-electron chi connectivity index (χ0n) is 15.1. The first-order valence-corrected chi connectivity index (χ1v) is 10.5. The molecule has 0 bridgehead atoms. The van der Waals surface area contributed by atoms with Crippen molar-refractivity contribution in [3.05, 3.63) is 82.5 Å². The molecule has 0 aliphatic rings. The number of para-hydroxylation sites is 1. The van der Waals surface area contributed by atoms with E-state index in [1.165, 1.54) is 11.3 Å². The first-order valence-electron chi connectivity index (χ1n) is 8.70. The summed E-state index contributed by atoms with van der Waals surface area (Å²) in [5, 5.41) is 14.8. The molecule has 2 heterocycles. The Morgan fingerprint density at radius 1 is 0.793 bits per heavy atom. The lowest BCUT2D eigenvalue weighted by Crippen LogP contribution is -2.19. The van der Waals surface area contributed by atoms with Gasteiger partial charge in [0.1, 0.15) is 10.7 Å². The molecule has 144 valence electrons. The Kier molecular flexibility index (Phi) is 5.64. The molecule has 3 amide bonds. The second-order valence-electron chi connectivity index (χ2n) is 6.03. The first kappa shape index (κ1) is 18.9. The quantitative estimate of drug-likeness (QED) is 0.383. The van der Waals surface area contributed by atoms with Crippen LogP contribution >= 0.6 is 22.7 Å². The van der Waals surface area contributed by atoms with Crippen molar-refractivity contribution in [2.24, 2.45) is 0 Å². The van der Waals surface area contributed by atoms with Gasteiger partial charge in [-0.1, -0.05) is 24.3 Å². The molecule has 0 fully saturated rings. The van der Waals surface area contributed by atoms with Crippen LogP contribution in [0.4, 0.5) is 21.9 Å². The van der Waals surface area contributed by atoms with Gasteiger partial charge >= 0.3 is 6.03 Å². The smallest absolute Gasteiger partial charge is 0.321 e. The van der Waals surface area contributed by atoms with Crippen molar-refractivity contribution in [1.29, 1.82) is 0 Å². The van der Waals surface area contributed by atoms with Crippen molar-refractivity contribution in [2.75, 3.05) is 16.0 Å². The summed E-state index contributed by atoms with van der Waals surface area (Å²) in [4.78, 5) is 29.0. The Labute approximate surface area is 175 Å². The Morgan fingerprint density at radius 3 is 2.28 bits per heavy atom. The largest absolute Gasteiger partial charge is 0.323 e. The van der Waals surface area contributed by atoms with Gasteiger partial charge in [0.25, 0.3) is 5.91 Å². The molecule has 6 nitrogen and oxygen atoms in total. The SMILES string of the molecule is O=C(Nc1ccccc1)Nc1cccc(NC(=O)c2csc(-c3ccsc3)n2)c1. The Hall–Kier alpha value is -3.49. The van der Waals surface area contributed by atoms with Crippen LogP contribution in [0.15, 0.2) is 76.8 Å². The molecule has 0 unspecified atom stereocenters. The van der Waals surface area contributed by atoms with E-state index >= 15 is 0 Å². The maximum atomic E-state index is 12.5. The molecule has 0 aliphatic heterocycles. The normalized spacial score (nSPS) is 10.3. The third-order valence-corrected chi connectivity index (χ3v) is 5.49. The molecule has 0 aliphatic carbocycles. The van der Waals surface area contributed by atoms with E-state index in [-0.39, 0.29) is 11.9 Å². The van der Waals surface area contributed by atoms with Crippen LogP contribution in [0.5, 0.6) is 0 Å². The van der Waals surface area contributed by atoms with Gasteiger partial charge in [-0.25, -0.2) is 9.78 Å². The number of carbonyl (C=O) groups excluding carboxylic acids is 2. The van der Waals surface area contributed by atoms with E-state index in [0.29, 0.717) is 22.8 Å². The van der Waals surface area contributed by atoms with Crippen molar-refractivity contribution >= 4 is 51.7 Å². The maximum absolute atomic E-state index is 12.5. The number of rotatable bonds is 5. The van der Waals surface area contributed by atoms with Crippen molar-refractivity contribution in [3.63, 3.8) is 0 Å². The van der Waals surface area contributed by atoms with E-state index in [1.807, 2.05) is 35.0 Å². The number of hydrogen-bond acceptors (Lipinski definition) is 5. The fourth-order valence-electron chi connectivity index (χ4n) is 2.58. The standard InChI is InChI=1S/C21H16N4O2S2/c26-19(18-13-29-20(25-18)14-9-10-28-12-14)22-16-7-4-8-17(11-16)24-21(27)23-15-5-2-1-3-6-15/h1-13H,(H,22,26)(H2,23,24,27). The average molecular weight is 421 g/mol. The van der Waals surface area contributed by atoms with E-state index in [9.17, 15) is 9.59 Å². The molecule has 2 aromatic heterocycles. The van der Waals surface area contributed by atoms with Crippen LogP contribution in [-0.4, -0.2) is 16.9 Å². The van der Waals surface area contributed by atoms with Gasteiger partial charge in [0, 0.05) is 33.4 Å². The van der Waals surface area contributed by atoms with Gasteiger partial charge in [-0.2, -0.15) is 11.3 Å². The molecule has 0 saturated heterocycles. The zero-order valence-corrected chi connectivity index (χ0v) is 16.7. The number of hydrogen-bond donors (Lipinski definition) is 3. The van der Waals surface area contributed by atoms with Gasteiger partial charge in [-0.3, -0.25) is 4.79 Å². The number of amides is 3. The number of thiophene rings is 1. The topological polar surface area (TPSA) is 83.1 Å². The molecule has 2 aromatic carbocycles. The van der Waals surface area contributed by atoms with Crippen LogP contribution in [0.3, 0.4) is 0 Å². The maximum Gasteiger partial charge on any atom is 0.323 e. The summed E-state index contributed by atoms with van der Waals surface area (Å²) in [6, 6.07) is 17.7. The molecule has 8 heteroatoms. The van der Waals surface area contributed by atoms with Crippen molar-refractivity contribution in [1.82, 2.24) is 4.98 Å². The third kappa shape index (κ3) is 4.87. The highest BCUT2D eigenvalue weighted by molar-refractivity contribution is 7.14. The second kappa shape index (κ2) is 8.68. The minimum atomic E-state index is -0.361. The van der Waals surface area contributed by atoms with E-state index in [0.717, 1.165) is 10.6 Å². The van der Waals surface area contributed by atoms with Crippen LogP contribution in [0, 0.1) is 0 Å². The van der Waals surface area contributed by atoms with Gasteiger partial charge in [0.2, 0.25) is 0 Å².